The molecule has 1 unspecified atom stereocenters. The standard InChI is InChI=1S/C5H9NO.ClH/c1-5(6)3-2-4-7-5;/h2,4H,3,6H2,1H3;1H. The van der Waals surface area contributed by atoms with Crippen molar-refractivity contribution < 1.29 is 4.74 Å². The van der Waals surface area contributed by atoms with Gasteiger partial charge >= 0.3 is 0 Å². The van der Waals surface area contributed by atoms with Gasteiger partial charge in [0.1, 0.15) is 0 Å². The Kier molecular flexibility index (Phi) is 2.31. The Balaban J connectivity index is 0.000000490. The zero-order chi connectivity index (χ0) is 5.33. The summed E-state index contributed by atoms with van der Waals surface area (Å²) in [6, 6.07) is 0. The van der Waals surface area contributed by atoms with Gasteiger partial charge in [-0.2, -0.15) is 0 Å². The number of hydrogen-bond acceptors (Lipinski definition) is 2. The predicted molar refractivity (Wildman–Crippen MR) is 34.7 cm³/mol. The van der Waals surface area contributed by atoms with Crippen molar-refractivity contribution in [3.8, 4) is 0 Å². The van der Waals surface area contributed by atoms with Crippen molar-refractivity contribution in [2.45, 2.75) is 19.1 Å². The van der Waals surface area contributed by atoms with Crippen LogP contribution in [0.1, 0.15) is 13.3 Å². The highest BCUT2D eigenvalue weighted by Crippen LogP contribution is 2.14. The lowest BCUT2D eigenvalue weighted by molar-refractivity contribution is 0.0703. The molecular formula is C5H10ClNO. The Labute approximate surface area is 55.1 Å². The minimum Gasteiger partial charge on any atom is -0.481 e. The molecule has 0 aromatic carbocycles. The van der Waals surface area contributed by atoms with Crippen molar-refractivity contribution in [3.63, 3.8) is 0 Å². The average molecular weight is 136 g/mol. The summed E-state index contributed by atoms with van der Waals surface area (Å²) >= 11 is 0. The molecule has 48 valence electrons. The van der Waals surface area contributed by atoms with Gasteiger partial charge in [-0.15, -0.1) is 12.4 Å². The molecule has 1 atom stereocenters. The zero-order valence-electron chi connectivity index (χ0n) is 4.76. The summed E-state index contributed by atoms with van der Waals surface area (Å²) in [6.07, 6.45) is 4.38. The summed E-state index contributed by atoms with van der Waals surface area (Å²) in [5, 5.41) is 0. The number of rotatable bonds is 0. The lowest BCUT2D eigenvalue weighted by atomic mass is 10.2. The van der Waals surface area contributed by atoms with Crippen LogP contribution in [0.4, 0.5) is 0 Å². The van der Waals surface area contributed by atoms with E-state index in [1.54, 1.807) is 6.26 Å². The van der Waals surface area contributed by atoms with Gasteiger partial charge in [0.05, 0.1) is 6.26 Å². The third kappa shape index (κ3) is 1.72. The van der Waals surface area contributed by atoms with Crippen molar-refractivity contribution >= 4 is 12.4 Å². The highest BCUT2D eigenvalue weighted by Gasteiger charge is 2.19. The second kappa shape index (κ2) is 2.37. The van der Waals surface area contributed by atoms with Crippen LogP contribution < -0.4 is 5.73 Å². The minimum absolute atomic E-state index is 0. The molecule has 0 saturated carbocycles. The van der Waals surface area contributed by atoms with Crippen LogP contribution in [-0.2, 0) is 4.74 Å². The normalized spacial score (nSPS) is 33.8. The van der Waals surface area contributed by atoms with Crippen molar-refractivity contribution in [2.24, 2.45) is 5.73 Å². The van der Waals surface area contributed by atoms with Gasteiger partial charge in [-0.1, -0.05) is 0 Å². The summed E-state index contributed by atoms with van der Waals surface area (Å²) in [4.78, 5) is 0. The molecule has 3 heteroatoms. The highest BCUT2D eigenvalue weighted by molar-refractivity contribution is 5.85. The second-order valence-electron chi connectivity index (χ2n) is 2.01. The van der Waals surface area contributed by atoms with Crippen LogP contribution in [0.2, 0.25) is 0 Å². The molecule has 0 spiro atoms. The van der Waals surface area contributed by atoms with Gasteiger partial charge in [-0.3, -0.25) is 5.73 Å². The molecule has 1 aliphatic rings. The Hall–Kier alpha value is -0.210. The summed E-state index contributed by atoms with van der Waals surface area (Å²) in [5.74, 6) is 0. The molecule has 0 aromatic rings. The average Bonchev–Trinajstić information content (AvgIpc) is 1.84. The number of hydrogen-bond donors (Lipinski definition) is 1. The number of halogens is 1. The van der Waals surface area contributed by atoms with Gasteiger partial charge in [0.25, 0.3) is 0 Å². The first-order valence-electron chi connectivity index (χ1n) is 2.32. The van der Waals surface area contributed by atoms with Gasteiger partial charge in [-0.05, 0) is 13.0 Å². The minimum atomic E-state index is -0.417. The first kappa shape index (κ1) is 7.79. The lowest BCUT2D eigenvalue weighted by Gasteiger charge is -2.15. The van der Waals surface area contributed by atoms with E-state index >= 15 is 0 Å². The van der Waals surface area contributed by atoms with Crippen molar-refractivity contribution in [3.05, 3.63) is 12.3 Å². The van der Waals surface area contributed by atoms with E-state index in [-0.39, 0.29) is 12.4 Å². The Morgan fingerprint density at radius 2 is 2.38 bits per heavy atom. The maximum Gasteiger partial charge on any atom is 0.158 e. The van der Waals surface area contributed by atoms with E-state index < -0.39 is 5.72 Å². The Morgan fingerprint density at radius 1 is 1.75 bits per heavy atom. The quantitative estimate of drug-likeness (QED) is 0.538. The van der Waals surface area contributed by atoms with E-state index in [9.17, 15) is 0 Å². The Morgan fingerprint density at radius 3 is 2.50 bits per heavy atom. The molecule has 0 saturated heterocycles. The van der Waals surface area contributed by atoms with E-state index in [4.69, 9.17) is 10.5 Å². The van der Waals surface area contributed by atoms with E-state index in [2.05, 4.69) is 0 Å². The van der Waals surface area contributed by atoms with E-state index in [1.165, 1.54) is 0 Å². The Bertz CT molecular complexity index is 90.6. The van der Waals surface area contributed by atoms with Crippen molar-refractivity contribution in [1.29, 1.82) is 0 Å². The van der Waals surface area contributed by atoms with Gasteiger partial charge in [-0.25, -0.2) is 0 Å². The summed E-state index contributed by atoms with van der Waals surface area (Å²) < 4.78 is 4.94. The smallest absolute Gasteiger partial charge is 0.158 e. The predicted octanol–water partition coefficient (Wildman–Crippen LogP) is 1.02. The topological polar surface area (TPSA) is 35.2 Å². The first-order valence-corrected chi connectivity index (χ1v) is 2.32. The monoisotopic (exact) mass is 135 g/mol. The molecule has 0 aromatic heterocycles. The molecule has 2 N–H and O–H groups in total. The van der Waals surface area contributed by atoms with Gasteiger partial charge in [0.15, 0.2) is 5.72 Å². The third-order valence-electron chi connectivity index (χ3n) is 0.957. The third-order valence-corrected chi connectivity index (χ3v) is 0.957. The largest absolute Gasteiger partial charge is 0.481 e. The molecule has 0 aliphatic carbocycles. The lowest BCUT2D eigenvalue weighted by Crippen LogP contribution is -2.34. The fourth-order valence-corrected chi connectivity index (χ4v) is 0.534. The summed E-state index contributed by atoms with van der Waals surface area (Å²) in [5.41, 5.74) is 5.08. The van der Waals surface area contributed by atoms with Gasteiger partial charge in [0, 0.05) is 6.42 Å². The summed E-state index contributed by atoms with van der Waals surface area (Å²) in [7, 11) is 0. The number of ether oxygens (including phenoxy) is 1. The zero-order valence-corrected chi connectivity index (χ0v) is 5.57. The maximum absolute atomic E-state index is 5.49. The van der Waals surface area contributed by atoms with Gasteiger partial charge < -0.3 is 4.74 Å². The van der Waals surface area contributed by atoms with E-state index in [1.807, 2.05) is 13.0 Å². The van der Waals surface area contributed by atoms with E-state index in [0.717, 1.165) is 6.42 Å². The molecule has 1 rings (SSSR count). The molecule has 1 heterocycles. The van der Waals surface area contributed by atoms with Crippen LogP contribution in [0, 0.1) is 0 Å². The molecular weight excluding hydrogens is 126 g/mol. The second-order valence-corrected chi connectivity index (χ2v) is 2.01. The SMILES string of the molecule is CC1(N)CC=CO1.Cl. The van der Waals surface area contributed by atoms with Crippen LogP contribution in [0.5, 0.6) is 0 Å². The molecule has 8 heavy (non-hydrogen) atoms. The molecule has 2 nitrogen and oxygen atoms in total. The van der Waals surface area contributed by atoms with Crippen LogP contribution in [0.25, 0.3) is 0 Å². The van der Waals surface area contributed by atoms with Crippen LogP contribution >= 0.6 is 12.4 Å². The molecule has 0 fully saturated rings. The fraction of sp³-hybridized carbons (Fsp3) is 0.600. The molecule has 1 aliphatic heterocycles. The van der Waals surface area contributed by atoms with Crippen LogP contribution in [-0.4, -0.2) is 5.72 Å². The molecule has 0 bridgehead atoms. The maximum atomic E-state index is 5.49. The molecule has 0 radical (unpaired) electrons. The van der Waals surface area contributed by atoms with Crippen LogP contribution in [0.3, 0.4) is 0 Å². The van der Waals surface area contributed by atoms with Crippen molar-refractivity contribution in [2.75, 3.05) is 0 Å². The molecule has 0 amide bonds. The van der Waals surface area contributed by atoms with Crippen LogP contribution in [0.15, 0.2) is 12.3 Å². The van der Waals surface area contributed by atoms with E-state index in [0.29, 0.717) is 0 Å². The van der Waals surface area contributed by atoms with Crippen molar-refractivity contribution in [1.82, 2.24) is 0 Å². The van der Waals surface area contributed by atoms with Gasteiger partial charge in [0.2, 0.25) is 0 Å². The fourth-order valence-electron chi connectivity index (χ4n) is 0.534. The first-order chi connectivity index (χ1) is 3.21. The number of nitrogens with two attached hydrogens (primary N) is 1. The highest BCUT2D eigenvalue weighted by atomic mass is 35.5. The summed E-state index contributed by atoms with van der Waals surface area (Å²) in [6.45, 7) is 1.85.